The largest absolute Gasteiger partial charge is 0.509 e. The van der Waals surface area contributed by atoms with E-state index in [2.05, 4.69) is 208 Å². The van der Waals surface area contributed by atoms with Crippen LogP contribution in [0.4, 0.5) is 11.4 Å². The molecular formula is C57H45N4OPtS-3. The van der Waals surface area contributed by atoms with Crippen molar-refractivity contribution in [3.05, 3.63) is 210 Å². The zero-order valence-corrected chi connectivity index (χ0v) is 39.6. The number of aromatic nitrogens is 2. The maximum Gasteiger partial charge on any atom is 0.135 e. The van der Waals surface area contributed by atoms with Crippen LogP contribution in [0.1, 0.15) is 54.2 Å². The van der Waals surface area contributed by atoms with Gasteiger partial charge in [0, 0.05) is 81.5 Å². The van der Waals surface area contributed by atoms with Crippen molar-refractivity contribution in [3.8, 4) is 17.3 Å². The molecule has 0 radical (unpaired) electrons. The van der Waals surface area contributed by atoms with Gasteiger partial charge in [0.15, 0.2) is 0 Å². The Morgan fingerprint density at radius 1 is 0.594 bits per heavy atom. The number of pyridine rings is 1. The summed E-state index contributed by atoms with van der Waals surface area (Å²) in [6.45, 7) is 15.5. The van der Waals surface area contributed by atoms with Gasteiger partial charge < -0.3 is 19.1 Å². The second kappa shape index (κ2) is 16.3. The molecule has 11 rings (SSSR count). The fourth-order valence-corrected chi connectivity index (χ4v) is 10.4. The summed E-state index contributed by atoms with van der Waals surface area (Å²) in [7, 11) is 0. The minimum atomic E-state index is -0.0486. The number of anilines is 2. The smallest absolute Gasteiger partial charge is 0.135 e. The fraction of sp³-hybridized carbons (Fsp3) is 0.123. The minimum Gasteiger partial charge on any atom is -0.509 e. The third-order valence-electron chi connectivity index (χ3n) is 12.1. The molecular weight excluding hydrogens is 984 g/mol. The Hall–Kier alpha value is -6.46. The predicted molar refractivity (Wildman–Crippen MR) is 264 cm³/mol. The minimum absolute atomic E-state index is 0. The monoisotopic (exact) mass is 1030 g/mol. The first-order chi connectivity index (χ1) is 30.6. The number of hydrogen-bond donors (Lipinski definition) is 0. The van der Waals surface area contributed by atoms with Gasteiger partial charge in [-0.05, 0) is 83.7 Å². The number of thiophene rings is 1. The third-order valence-corrected chi connectivity index (χ3v) is 13.3. The van der Waals surface area contributed by atoms with Crippen LogP contribution in [0.5, 0.6) is 11.5 Å². The summed E-state index contributed by atoms with van der Waals surface area (Å²) in [5, 5.41) is 4.78. The van der Waals surface area contributed by atoms with Gasteiger partial charge in [0.2, 0.25) is 0 Å². The number of benzene rings is 7. The van der Waals surface area contributed by atoms with Crippen LogP contribution in [0.2, 0.25) is 0 Å². The molecule has 0 bridgehead atoms. The van der Waals surface area contributed by atoms with Crippen molar-refractivity contribution < 1.29 is 25.8 Å². The average molecular weight is 1030 g/mol. The first kappa shape index (κ1) is 41.5. The van der Waals surface area contributed by atoms with Crippen LogP contribution in [0, 0.1) is 39.6 Å². The maximum absolute atomic E-state index is 6.77. The molecule has 0 fully saturated rings. The van der Waals surface area contributed by atoms with Crippen molar-refractivity contribution in [3.63, 3.8) is 0 Å². The summed E-state index contributed by atoms with van der Waals surface area (Å²) in [5.74, 6) is 2.04. The van der Waals surface area contributed by atoms with Crippen LogP contribution >= 0.6 is 11.3 Å². The Morgan fingerprint density at radius 3 is 1.98 bits per heavy atom. The molecule has 64 heavy (non-hydrogen) atoms. The molecule has 5 nitrogen and oxygen atoms in total. The molecule has 318 valence electrons. The molecule has 0 saturated heterocycles. The maximum atomic E-state index is 6.77. The second-order valence-corrected chi connectivity index (χ2v) is 18.7. The number of aryl methyl sites for hydroxylation is 3. The van der Waals surface area contributed by atoms with E-state index < -0.39 is 0 Å². The summed E-state index contributed by atoms with van der Waals surface area (Å²) < 4.78 is 11.6. The van der Waals surface area contributed by atoms with Gasteiger partial charge in [-0.3, -0.25) is 0 Å². The zero-order valence-electron chi connectivity index (χ0n) is 36.5. The van der Waals surface area contributed by atoms with Gasteiger partial charge in [0.05, 0.1) is 0 Å². The van der Waals surface area contributed by atoms with Crippen LogP contribution in [0.15, 0.2) is 158 Å². The van der Waals surface area contributed by atoms with Gasteiger partial charge in [-0.1, -0.05) is 129 Å². The van der Waals surface area contributed by atoms with E-state index in [0.29, 0.717) is 11.5 Å². The second-order valence-electron chi connectivity index (χ2n) is 17.6. The Kier molecular flexibility index (Phi) is 10.6. The van der Waals surface area contributed by atoms with Crippen LogP contribution in [-0.4, -0.2) is 9.55 Å². The van der Waals surface area contributed by atoms with E-state index in [-0.39, 0.29) is 26.5 Å². The number of rotatable bonds is 7. The van der Waals surface area contributed by atoms with E-state index in [9.17, 15) is 0 Å². The summed E-state index contributed by atoms with van der Waals surface area (Å²) in [6.07, 6.45) is 1.92. The van der Waals surface area contributed by atoms with Crippen molar-refractivity contribution in [2.75, 3.05) is 9.80 Å². The molecule has 7 aromatic carbocycles. The van der Waals surface area contributed by atoms with Gasteiger partial charge in [0.1, 0.15) is 5.82 Å². The van der Waals surface area contributed by atoms with Gasteiger partial charge in [-0.2, -0.15) is 12.1 Å². The van der Waals surface area contributed by atoms with E-state index in [1.54, 1.807) is 0 Å². The van der Waals surface area contributed by atoms with E-state index in [0.717, 1.165) is 61.5 Å². The van der Waals surface area contributed by atoms with Crippen LogP contribution < -0.4 is 14.5 Å². The first-order valence-corrected chi connectivity index (χ1v) is 22.3. The fourth-order valence-electron chi connectivity index (χ4n) is 9.31. The van der Waals surface area contributed by atoms with E-state index >= 15 is 0 Å². The molecule has 3 aromatic heterocycles. The Bertz CT molecular complexity index is 3410. The quantitative estimate of drug-likeness (QED) is 0.149. The van der Waals surface area contributed by atoms with Crippen molar-refractivity contribution in [2.24, 2.45) is 0 Å². The SMILES string of the molecule is Cc1cc(C)c(N2[CH-]N(c3[c-]c(Oc4[c-]c5c(cc4)c4cc6c(cc4n5-c4cc(C(C)(C)C)ccn4)sc4ccccc46)ccc3)C(c3ccccc3)=C2c2ccccc2)c(C)c1.[Pt]. The van der Waals surface area contributed by atoms with Gasteiger partial charge >= 0.3 is 0 Å². The molecule has 0 spiro atoms. The van der Waals surface area contributed by atoms with E-state index in [1.165, 1.54) is 42.4 Å². The number of hydrogen-bond acceptors (Lipinski definition) is 5. The third kappa shape index (κ3) is 7.19. The van der Waals surface area contributed by atoms with Crippen molar-refractivity contribution in [2.45, 2.75) is 47.0 Å². The van der Waals surface area contributed by atoms with E-state index in [1.807, 2.05) is 35.7 Å². The summed E-state index contributed by atoms with van der Waals surface area (Å²) >= 11 is 1.83. The Morgan fingerprint density at radius 2 is 1.27 bits per heavy atom. The molecule has 0 unspecified atom stereocenters. The van der Waals surface area contributed by atoms with Crippen LogP contribution in [0.25, 0.3) is 59.2 Å². The molecule has 1 aliphatic heterocycles. The number of nitrogens with zero attached hydrogens (tertiary/aromatic N) is 4. The molecule has 1 aliphatic rings. The predicted octanol–water partition coefficient (Wildman–Crippen LogP) is 15.1. The normalized spacial score (nSPS) is 13.2. The topological polar surface area (TPSA) is 33.5 Å². The molecule has 7 heteroatoms. The van der Waals surface area contributed by atoms with Crippen molar-refractivity contribution in [1.82, 2.24) is 9.55 Å². The molecule has 0 N–H and O–H groups in total. The van der Waals surface area contributed by atoms with Crippen LogP contribution in [-0.2, 0) is 26.5 Å². The van der Waals surface area contributed by atoms with Crippen molar-refractivity contribution in [1.29, 1.82) is 0 Å². The number of ether oxygens (including phenoxy) is 1. The zero-order chi connectivity index (χ0) is 43.0. The van der Waals surface area contributed by atoms with Crippen LogP contribution in [0.3, 0.4) is 0 Å². The van der Waals surface area contributed by atoms with Gasteiger partial charge in [-0.15, -0.1) is 59.4 Å². The van der Waals surface area contributed by atoms with Gasteiger partial charge in [-0.25, -0.2) is 4.98 Å². The molecule has 4 heterocycles. The molecule has 0 atom stereocenters. The Labute approximate surface area is 393 Å². The van der Waals surface area contributed by atoms with Gasteiger partial charge in [0.25, 0.3) is 0 Å². The molecule has 0 aliphatic carbocycles. The summed E-state index contributed by atoms with van der Waals surface area (Å²) in [4.78, 5) is 9.57. The molecule has 0 saturated carbocycles. The number of fused-ring (bicyclic) bond motifs is 6. The Balaban J connectivity index is 0.00000484. The molecule has 0 amide bonds. The van der Waals surface area contributed by atoms with Crippen molar-refractivity contribution >= 4 is 76.1 Å². The average Bonchev–Trinajstić information content (AvgIpc) is 3.95. The standard InChI is InChI=1S/C57H45N4OS.Pt/c1-36-28-37(2)54(38(3)29-36)60-35-59(55(39-16-9-7-10-17-39)56(60)40-18-11-8-12-19-40)42-20-15-21-43(31-42)62-44-24-25-45-47-33-48-46-22-13-14-23-51(46)63-52(48)34-50(47)61(49(45)32-44)53-30-41(26-27-58-53)57(4,5)6;/h7-30,33-35H,1-6H3;/q-3;. The summed E-state index contributed by atoms with van der Waals surface area (Å²) in [5.41, 5.74) is 13.2. The first-order valence-electron chi connectivity index (χ1n) is 21.4. The van der Waals surface area contributed by atoms with E-state index in [4.69, 9.17) is 9.72 Å². The molecule has 10 aromatic rings. The summed E-state index contributed by atoms with van der Waals surface area (Å²) in [6, 6.07) is 61.2.